The first-order valence-electron chi connectivity index (χ1n) is 4.05. The lowest BCUT2D eigenvalue weighted by atomic mass is 10.2. The Morgan fingerprint density at radius 2 is 2.42 bits per heavy atom. The Morgan fingerprint density at radius 3 is 3.00 bits per heavy atom. The molecule has 0 aliphatic heterocycles. The van der Waals surface area contributed by atoms with E-state index in [1.54, 1.807) is 6.20 Å². The fourth-order valence-corrected chi connectivity index (χ4v) is 1.04. The van der Waals surface area contributed by atoms with Crippen LogP contribution in [0.4, 0.5) is 0 Å². The van der Waals surface area contributed by atoms with E-state index in [1.165, 1.54) is 5.57 Å². The molecule has 0 spiro atoms. The number of rotatable bonds is 3. The van der Waals surface area contributed by atoms with E-state index >= 15 is 0 Å². The van der Waals surface area contributed by atoms with Crippen molar-refractivity contribution < 1.29 is 0 Å². The predicted octanol–water partition coefficient (Wildman–Crippen LogP) is 1.70. The number of hydrogen-bond acceptors (Lipinski definition) is 2. The minimum atomic E-state index is 0.913. The van der Waals surface area contributed by atoms with Crippen molar-refractivity contribution in [3.63, 3.8) is 0 Å². The highest BCUT2D eigenvalue weighted by Crippen LogP contribution is 2.01. The third kappa shape index (κ3) is 2.84. The molecule has 2 nitrogen and oxygen atoms in total. The molecule has 0 aromatic carbocycles. The molecule has 64 valence electrons. The second kappa shape index (κ2) is 4.67. The normalized spacial score (nSPS) is 11.7. The summed E-state index contributed by atoms with van der Waals surface area (Å²) >= 11 is 0. The van der Waals surface area contributed by atoms with Crippen molar-refractivity contribution in [2.24, 2.45) is 0 Å². The Labute approximate surface area is 73.3 Å². The van der Waals surface area contributed by atoms with Crippen molar-refractivity contribution in [1.82, 2.24) is 10.3 Å². The smallest absolute Gasteiger partial charge is 0.0629 e. The maximum atomic E-state index is 4.20. The van der Waals surface area contributed by atoms with Crippen LogP contribution in [0.25, 0.3) is 6.08 Å². The van der Waals surface area contributed by atoms with Gasteiger partial charge in [-0.2, -0.15) is 0 Å². The lowest BCUT2D eigenvalue weighted by Gasteiger charge is -1.98. The summed E-state index contributed by atoms with van der Waals surface area (Å²) in [6, 6.07) is 5.91. The summed E-state index contributed by atoms with van der Waals surface area (Å²) in [5.74, 6) is 0. The molecule has 0 radical (unpaired) electrons. The van der Waals surface area contributed by atoms with Gasteiger partial charge in [0.15, 0.2) is 0 Å². The summed E-state index contributed by atoms with van der Waals surface area (Å²) in [4.78, 5) is 4.20. The van der Waals surface area contributed by atoms with Crippen molar-refractivity contribution in [2.75, 3.05) is 13.6 Å². The monoisotopic (exact) mass is 162 g/mol. The number of likely N-dealkylation sites (N-methyl/N-ethyl adjacent to an activating group) is 1. The molecule has 1 N–H and O–H groups in total. The molecule has 12 heavy (non-hydrogen) atoms. The van der Waals surface area contributed by atoms with E-state index in [4.69, 9.17) is 0 Å². The molecule has 2 heteroatoms. The Bertz CT molecular complexity index is 252. The Hall–Kier alpha value is -1.15. The van der Waals surface area contributed by atoms with E-state index in [2.05, 4.69) is 23.3 Å². The maximum absolute atomic E-state index is 4.20. The maximum Gasteiger partial charge on any atom is 0.0629 e. The molecule has 1 aromatic heterocycles. The molecular formula is C10H14N2. The third-order valence-electron chi connectivity index (χ3n) is 1.54. The van der Waals surface area contributed by atoms with Gasteiger partial charge in [-0.15, -0.1) is 0 Å². The molecule has 1 rings (SSSR count). The number of nitrogens with one attached hydrogen (secondary N) is 1. The van der Waals surface area contributed by atoms with Crippen molar-refractivity contribution >= 4 is 6.08 Å². The van der Waals surface area contributed by atoms with Crippen LogP contribution in [0.3, 0.4) is 0 Å². The summed E-state index contributed by atoms with van der Waals surface area (Å²) in [5.41, 5.74) is 2.31. The Balaban J connectivity index is 2.67. The van der Waals surface area contributed by atoms with E-state index in [0.717, 1.165) is 12.2 Å². The molecule has 0 bridgehead atoms. The average Bonchev–Trinajstić information content (AvgIpc) is 2.06. The number of nitrogens with zero attached hydrogens (tertiary/aromatic N) is 1. The van der Waals surface area contributed by atoms with Crippen molar-refractivity contribution in [3.05, 3.63) is 35.7 Å². The van der Waals surface area contributed by atoms with Crippen LogP contribution in [-0.2, 0) is 0 Å². The van der Waals surface area contributed by atoms with Crippen LogP contribution >= 0.6 is 0 Å². The van der Waals surface area contributed by atoms with Gasteiger partial charge in [-0.25, -0.2) is 0 Å². The van der Waals surface area contributed by atoms with Gasteiger partial charge in [-0.3, -0.25) is 4.98 Å². The van der Waals surface area contributed by atoms with Crippen LogP contribution in [0.2, 0.25) is 0 Å². The van der Waals surface area contributed by atoms with Crippen LogP contribution in [-0.4, -0.2) is 18.6 Å². The van der Waals surface area contributed by atoms with Gasteiger partial charge < -0.3 is 5.32 Å². The third-order valence-corrected chi connectivity index (χ3v) is 1.54. The summed E-state index contributed by atoms with van der Waals surface area (Å²) in [5, 5.41) is 3.09. The van der Waals surface area contributed by atoms with Crippen molar-refractivity contribution in [2.45, 2.75) is 6.92 Å². The van der Waals surface area contributed by atoms with E-state index in [-0.39, 0.29) is 0 Å². The number of hydrogen-bond donors (Lipinski definition) is 1. The van der Waals surface area contributed by atoms with Crippen LogP contribution in [0, 0.1) is 0 Å². The molecule has 0 aliphatic carbocycles. The standard InChI is InChI=1S/C10H14N2/c1-9(8-11-2)7-10-5-3-4-6-12-10/h3-7,11H,8H2,1-2H3/b9-7+. The summed E-state index contributed by atoms with van der Waals surface area (Å²) < 4.78 is 0. The second-order valence-corrected chi connectivity index (χ2v) is 2.78. The number of aromatic nitrogens is 1. The first kappa shape index (κ1) is 8.94. The second-order valence-electron chi connectivity index (χ2n) is 2.78. The lowest BCUT2D eigenvalue weighted by Crippen LogP contribution is -2.08. The molecule has 0 unspecified atom stereocenters. The first-order valence-corrected chi connectivity index (χ1v) is 4.05. The molecular weight excluding hydrogens is 148 g/mol. The van der Waals surface area contributed by atoms with Gasteiger partial charge in [0.1, 0.15) is 0 Å². The fourth-order valence-electron chi connectivity index (χ4n) is 1.04. The van der Waals surface area contributed by atoms with Crippen LogP contribution in [0.1, 0.15) is 12.6 Å². The zero-order valence-electron chi connectivity index (χ0n) is 7.54. The summed E-state index contributed by atoms with van der Waals surface area (Å²) in [6.45, 7) is 3.00. The highest BCUT2D eigenvalue weighted by Gasteiger charge is 1.88. The largest absolute Gasteiger partial charge is 0.316 e. The molecule has 1 aromatic rings. The zero-order valence-corrected chi connectivity index (χ0v) is 7.54. The lowest BCUT2D eigenvalue weighted by molar-refractivity contribution is 0.884. The SMILES string of the molecule is CNC/C(C)=C/c1ccccn1. The van der Waals surface area contributed by atoms with Crippen LogP contribution < -0.4 is 5.32 Å². The number of pyridine rings is 1. The van der Waals surface area contributed by atoms with Crippen LogP contribution in [0.5, 0.6) is 0 Å². The van der Waals surface area contributed by atoms with Gasteiger partial charge in [0.05, 0.1) is 5.69 Å². The van der Waals surface area contributed by atoms with Gasteiger partial charge in [-0.1, -0.05) is 11.6 Å². The van der Waals surface area contributed by atoms with Crippen molar-refractivity contribution in [1.29, 1.82) is 0 Å². The van der Waals surface area contributed by atoms with Gasteiger partial charge >= 0.3 is 0 Å². The van der Waals surface area contributed by atoms with Crippen molar-refractivity contribution in [3.8, 4) is 0 Å². The molecule has 0 aliphatic rings. The van der Waals surface area contributed by atoms with E-state index < -0.39 is 0 Å². The first-order chi connectivity index (χ1) is 5.83. The molecule has 0 saturated heterocycles. The minimum Gasteiger partial charge on any atom is -0.316 e. The van der Waals surface area contributed by atoms with Gasteiger partial charge in [0, 0.05) is 12.7 Å². The molecule has 0 amide bonds. The minimum absolute atomic E-state index is 0.913. The summed E-state index contributed by atoms with van der Waals surface area (Å²) in [7, 11) is 1.94. The molecule has 0 atom stereocenters. The highest BCUT2D eigenvalue weighted by atomic mass is 14.8. The van der Waals surface area contributed by atoms with Crippen LogP contribution in [0.15, 0.2) is 30.0 Å². The van der Waals surface area contributed by atoms with Gasteiger partial charge in [0.2, 0.25) is 0 Å². The molecule has 0 saturated carbocycles. The van der Waals surface area contributed by atoms with Gasteiger partial charge in [-0.05, 0) is 32.2 Å². The quantitative estimate of drug-likeness (QED) is 0.731. The van der Waals surface area contributed by atoms with Gasteiger partial charge in [0.25, 0.3) is 0 Å². The topological polar surface area (TPSA) is 24.9 Å². The zero-order chi connectivity index (χ0) is 8.81. The predicted molar refractivity (Wildman–Crippen MR) is 51.8 cm³/mol. The van der Waals surface area contributed by atoms with E-state index in [9.17, 15) is 0 Å². The fraction of sp³-hybridized carbons (Fsp3) is 0.300. The summed E-state index contributed by atoms with van der Waals surface area (Å²) in [6.07, 6.45) is 3.88. The highest BCUT2D eigenvalue weighted by molar-refractivity contribution is 5.48. The average molecular weight is 162 g/mol. The van der Waals surface area contributed by atoms with E-state index in [1.807, 2.05) is 25.2 Å². The Morgan fingerprint density at radius 1 is 1.58 bits per heavy atom. The molecule has 0 fully saturated rings. The molecule has 1 heterocycles. The Kier molecular flexibility index (Phi) is 3.48. The van der Waals surface area contributed by atoms with E-state index in [0.29, 0.717) is 0 Å².